The standard InChI is InChI=1S/C24H26N2O5S/c1-17-15-18(2)26(16-22(27)25-14-13-19-7-5-4-6-8-19)24(28)23(17)32(29,30)21-11-9-20(31-3)10-12-21/h4-12,15H,13-14,16H2,1-3H3,(H,25,27). The van der Waals surface area contributed by atoms with Crippen LogP contribution in [0.15, 0.2) is 75.2 Å². The number of aryl methyl sites for hydroxylation is 2. The van der Waals surface area contributed by atoms with Crippen LogP contribution in [0.4, 0.5) is 0 Å². The lowest BCUT2D eigenvalue weighted by Gasteiger charge is -2.15. The van der Waals surface area contributed by atoms with E-state index in [1.807, 2.05) is 30.3 Å². The van der Waals surface area contributed by atoms with E-state index in [0.717, 1.165) is 5.56 Å². The molecule has 1 amide bonds. The van der Waals surface area contributed by atoms with Gasteiger partial charge in [-0.2, -0.15) is 0 Å². The fraction of sp³-hybridized carbons (Fsp3) is 0.250. The number of ether oxygens (including phenoxy) is 1. The first-order valence-electron chi connectivity index (χ1n) is 10.1. The van der Waals surface area contributed by atoms with E-state index < -0.39 is 15.4 Å². The van der Waals surface area contributed by atoms with Crippen LogP contribution in [-0.2, 0) is 27.6 Å². The number of rotatable bonds is 8. The number of amides is 1. The lowest BCUT2D eigenvalue weighted by Crippen LogP contribution is -2.36. The third kappa shape index (κ3) is 5.08. The molecule has 7 nitrogen and oxygen atoms in total. The Morgan fingerprint density at radius 1 is 1.03 bits per heavy atom. The molecular weight excluding hydrogens is 428 g/mol. The monoisotopic (exact) mass is 454 g/mol. The average molecular weight is 455 g/mol. The van der Waals surface area contributed by atoms with Crippen LogP contribution in [0.25, 0.3) is 0 Å². The minimum Gasteiger partial charge on any atom is -0.497 e. The van der Waals surface area contributed by atoms with Crippen LogP contribution in [0.5, 0.6) is 5.75 Å². The number of nitrogens with one attached hydrogen (secondary N) is 1. The zero-order valence-corrected chi connectivity index (χ0v) is 19.1. The summed E-state index contributed by atoms with van der Waals surface area (Å²) < 4.78 is 32.7. The molecule has 0 bridgehead atoms. The Bertz CT molecular complexity index is 1260. The van der Waals surface area contributed by atoms with E-state index >= 15 is 0 Å². The van der Waals surface area contributed by atoms with Gasteiger partial charge in [-0.3, -0.25) is 9.59 Å². The summed E-state index contributed by atoms with van der Waals surface area (Å²) >= 11 is 0. The van der Waals surface area contributed by atoms with E-state index in [9.17, 15) is 18.0 Å². The van der Waals surface area contributed by atoms with Crippen molar-refractivity contribution in [1.29, 1.82) is 0 Å². The topological polar surface area (TPSA) is 94.5 Å². The summed E-state index contributed by atoms with van der Waals surface area (Å²) in [4.78, 5) is 25.3. The molecule has 8 heteroatoms. The van der Waals surface area contributed by atoms with Crippen LogP contribution < -0.4 is 15.6 Å². The Labute approximate surface area is 187 Å². The molecule has 0 fully saturated rings. The van der Waals surface area contributed by atoms with Gasteiger partial charge in [0.25, 0.3) is 5.56 Å². The number of carbonyl (C=O) groups is 1. The second-order valence-electron chi connectivity index (χ2n) is 7.45. The largest absolute Gasteiger partial charge is 0.497 e. The smallest absolute Gasteiger partial charge is 0.270 e. The zero-order valence-electron chi connectivity index (χ0n) is 18.3. The molecule has 0 aliphatic heterocycles. The highest BCUT2D eigenvalue weighted by Crippen LogP contribution is 2.23. The second kappa shape index (κ2) is 9.82. The highest BCUT2D eigenvalue weighted by Gasteiger charge is 2.26. The third-order valence-corrected chi connectivity index (χ3v) is 7.09. The van der Waals surface area contributed by atoms with E-state index in [2.05, 4.69) is 5.32 Å². The first-order chi connectivity index (χ1) is 15.2. The Morgan fingerprint density at radius 2 is 1.69 bits per heavy atom. The summed E-state index contributed by atoms with van der Waals surface area (Å²) in [5.41, 5.74) is 1.23. The number of hydrogen-bond acceptors (Lipinski definition) is 5. The fourth-order valence-electron chi connectivity index (χ4n) is 3.49. The van der Waals surface area contributed by atoms with E-state index in [-0.39, 0.29) is 22.2 Å². The maximum atomic E-state index is 13.2. The third-order valence-electron chi connectivity index (χ3n) is 5.17. The number of benzene rings is 2. The lowest BCUT2D eigenvalue weighted by atomic mass is 10.1. The van der Waals surface area contributed by atoms with Gasteiger partial charge in [0.1, 0.15) is 17.2 Å². The van der Waals surface area contributed by atoms with Gasteiger partial charge in [-0.15, -0.1) is 0 Å². The molecule has 1 N–H and O–H groups in total. The summed E-state index contributed by atoms with van der Waals surface area (Å²) in [6.07, 6.45) is 0.658. The van der Waals surface area contributed by atoms with Crippen molar-refractivity contribution in [2.45, 2.75) is 36.6 Å². The van der Waals surface area contributed by atoms with Crippen LogP contribution >= 0.6 is 0 Å². The van der Waals surface area contributed by atoms with E-state index in [1.165, 1.54) is 35.9 Å². The number of pyridine rings is 1. The van der Waals surface area contributed by atoms with Gasteiger partial charge in [0.05, 0.1) is 12.0 Å². The highest BCUT2D eigenvalue weighted by molar-refractivity contribution is 7.91. The summed E-state index contributed by atoms with van der Waals surface area (Å²) in [5.74, 6) is 0.150. The van der Waals surface area contributed by atoms with Gasteiger partial charge in [-0.05, 0) is 61.7 Å². The predicted octanol–water partition coefficient (Wildman–Crippen LogP) is 2.67. The number of nitrogens with zero attached hydrogens (tertiary/aromatic N) is 1. The van der Waals surface area contributed by atoms with E-state index in [1.54, 1.807) is 19.9 Å². The minimum atomic E-state index is -4.07. The second-order valence-corrected chi connectivity index (χ2v) is 9.34. The molecule has 3 aromatic rings. The van der Waals surface area contributed by atoms with Gasteiger partial charge in [0, 0.05) is 12.2 Å². The van der Waals surface area contributed by atoms with E-state index in [4.69, 9.17) is 4.74 Å². The molecule has 0 aliphatic rings. The molecule has 2 aromatic carbocycles. The van der Waals surface area contributed by atoms with Crippen LogP contribution in [0.1, 0.15) is 16.8 Å². The highest BCUT2D eigenvalue weighted by atomic mass is 32.2. The molecule has 0 radical (unpaired) electrons. The molecular formula is C24H26N2O5S. The van der Waals surface area contributed by atoms with Crippen LogP contribution in [0.3, 0.4) is 0 Å². The molecule has 3 rings (SSSR count). The Kier molecular flexibility index (Phi) is 7.15. The Balaban J connectivity index is 1.84. The molecule has 0 unspecified atom stereocenters. The first-order valence-corrected chi connectivity index (χ1v) is 11.6. The van der Waals surface area contributed by atoms with Crippen LogP contribution in [0, 0.1) is 13.8 Å². The molecule has 0 atom stereocenters. The number of aromatic nitrogens is 1. The normalized spacial score (nSPS) is 11.2. The van der Waals surface area contributed by atoms with Gasteiger partial charge in [-0.25, -0.2) is 8.42 Å². The van der Waals surface area contributed by atoms with Crippen molar-refractivity contribution in [3.05, 3.63) is 87.8 Å². The molecule has 1 heterocycles. The SMILES string of the molecule is COc1ccc(S(=O)(=O)c2c(C)cc(C)n(CC(=O)NCCc3ccccc3)c2=O)cc1. The van der Waals surface area contributed by atoms with Crippen molar-refractivity contribution in [1.82, 2.24) is 9.88 Å². The summed E-state index contributed by atoms with van der Waals surface area (Å²) in [6, 6.07) is 17.2. The quantitative estimate of drug-likeness (QED) is 0.565. The van der Waals surface area contributed by atoms with Crippen molar-refractivity contribution in [3.8, 4) is 5.75 Å². The molecule has 0 saturated heterocycles. The first kappa shape index (κ1) is 23.3. The van der Waals surface area contributed by atoms with Crippen molar-refractivity contribution < 1.29 is 17.9 Å². The summed E-state index contributed by atoms with van der Waals surface area (Å²) in [5, 5.41) is 2.79. The van der Waals surface area contributed by atoms with Crippen LogP contribution in [-0.4, -0.2) is 32.5 Å². The zero-order chi connectivity index (χ0) is 23.3. The van der Waals surface area contributed by atoms with E-state index in [0.29, 0.717) is 30.0 Å². The van der Waals surface area contributed by atoms with Gasteiger partial charge in [-0.1, -0.05) is 30.3 Å². The molecule has 0 aliphatic carbocycles. The molecule has 32 heavy (non-hydrogen) atoms. The van der Waals surface area contributed by atoms with Gasteiger partial charge in [0.2, 0.25) is 15.7 Å². The van der Waals surface area contributed by atoms with Gasteiger partial charge < -0.3 is 14.6 Å². The van der Waals surface area contributed by atoms with Crippen molar-refractivity contribution in [2.75, 3.05) is 13.7 Å². The fourth-order valence-corrected chi connectivity index (χ4v) is 5.05. The van der Waals surface area contributed by atoms with Gasteiger partial charge >= 0.3 is 0 Å². The average Bonchev–Trinajstić information content (AvgIpc) is 2.77. The van der Waals surface area contributed by atoms with Crippen LogP contribution in [0.2, 0.25) is 0 Å². The predicted molar refractivity (Wildman–Crippen MR) is 122 cm³/mol. The lowest BCUT2D eigenvalue weighted by molar-refractivity contribution is -0.121. The minimum absolute atomic E-state index is 0.0128. The summed E-state index contributed by atoms with van der Waals surface area (Å²) in [6.45, 7) is 3.41. The Morgan fingerprint density at radius 3 is 2.31 bits per heavy atom. The molecule has 0 saturated carbocycles. The van der Waals surface area contributed by atoms with Gasteiger partial charge in [0.15, 0.2) is 0 Å². The maximum Gasteiger partial charge on any atom is 0.270 e. The van der Waals surface area contributed by atoms with Crippen molar-refractivity contribution in [3.63, 3.8) is 0 Å². The number of hydrogen-bond donors (Lipinski definition) is 1. The number of carbonyl (C=O) groups excluding carboxylic acids is 1. The van der Waals surface area contributed by atoms with Crippen molar-refractivity contribution in [2.24, 2.45) is 0 Å². The number of methoxy groups -OCH3 is 1. The van der Waals surface area contributed by atoms with Crippen molar-refractivity contribution >= 4 is 15.7 Å². The maximum absolute atomic E-state index is 13.2. The molecule has 168 valence electrons. The summed E-state index contributed by atoms with van der Waals surface area (Å²) in [7, 11) is -2.59. The Hall–Kier alpha value is -3.39. The number of sulfone groups is 1. The molecule has 1 aromatic heterocycles. The molecule has 0 spiro atoms.